The van der Waals surface area contributed by atoms with E-state index < -0.39 is 5.25 Å². The summed E-state index contributed by atoms with van der Waals surface area (Å²) in [5.74, 6) is 0.373. The van der Waals surface area contributed by atoms with Crippen LogP contribution in [0.2, 0.25) is 5.02 Å². The van der Waals surface area contributed by atoms with Gasteiger partial charge in [-0.2, -0.15) is 0 Å². The molecule has 0 radical (unpaired) electrons. The Morgan fingerprint density at radius 2 is 1.88 bits per heavy atom. The Hall–Kier alpha value is -2.18. The molecule has 0 aliphatic rings. The summed E-state index contributed by atoms with van der Waals surface area (Å²) >= 11 is 7.22. The fraction of sp³-hybridized carbons (Fsp3) is 0.263. The minimum Gasteiger partial charge on any atom is -0.495 e. The molecule has 0 aliphatic carbocycles. The molecular weight excluding hydrogens is 372 g/mol. The first kappa shape index (κ1) is 20.1. The molecule has 2 amide bonds. The highest BCUT2D eigenvalue weighted by Gasteiger charge is 2.17. The first-order valence-electron chi connectivity index (χ1n) is 8.02. The molecule has 2 aromatic rings. The molecule has 1 atom stereocenters. The van der Waals surface area contributed by atoms with E-state index in [9.17, 15) is 9.59 Å². The average Bonchev–Trinajstić information content (AvgIpc) is 2.63. The van der Waals surface area contributed by atoms with Gasteiger partial charge < -0.3 is 15.4 Å². The van der Waals surface area contributed by atoms with Crippen molar-refractivity contribution in [1.82, 2.24) is 0 Å². The highest BCUT2D eigenvalue weighted by Crippen LogP contribution is 2.24. The Bertz CT molecular complexity index is 798. The van der Waals surface area contributed by atoms with E-state index in [-0.39, 0.29) is 17.6 Å². The molecule has 7 heteroatoms. The van der Waals surface area contributed by atoms with Crippen molar-refractivity contribution in [2.45, 2.75) is 19.1 Å². The summed E-state index contributed by atoms with van der Waals surface area (Å²) in [5.41, 5.74) is 2.20. The molecule has 2 N–H and O–H groups in total. The van der Waals surface area contributed by atoms with Crippen molar-refractivity contribution in [1.29, 1.82) is 0 Å². The molecule has 0 spiro atoms. The number of hydrogen-bond acceptors (Lipinski definition) is 4. The monoisotopic (exact) mass is 392 g/mol. The summed E-state index contributed by atoms with van der Waals surface area (Å²) < 4.78 is 5.20. The van der Waals surface area contributed by atoms with E-state index in [1.165, 1.54) is 11.8 Å². The fourth-order valence-corrected chi connectivity index (χ4v) is 3.03. The largest absolute Gasteiger partial charge is 0.495 e. The summed E-state index contributed by atoms with van der Waals surface area (Å²) in [6, 6.07) is 12.5. The summed E-state index contributed by atoms with van der Waals surface area (Å²) in [7, 11) is 1.55. The summed E-state index contributed by atoms with van der Waals surface area (Å²) in [5, 5.41) is 5.80. The van der Waals surface area contributed by atoms with E-state index >= 15 is 0 Å². The maximum Gasteiger partial charge on any atom is 0.237 e. The highest BCUT2D eigenvalue weighted by atomic mass is 35.5. The number of para-hydroxylation sites is 2. The van der Waals surface area contributed by atoms with Gasteiger partial charge in [-0.1, -0.05) is 29.8 Å². The van der Waals surface area contributed by atoms with E-state index in [0.29, 0.717) is 22.1 Å². The fourth-order valence-electron chi connectivity index (χ4n) is 2.17. The van der Waals surface area contributed by atoms with Gasteiger partial charge in [-0.15, -0.1) is 11.8 Å². The second kappa shape index (κ2) is 9.50. The van der Waals surface area contributed by atoms with E-state index in [1.807, 2.05) is 25.1 Å². The molecular formula is C19H21ClN2O3S. The maximum atomic E-state index is 12.3. The number of halogens is 1. The number of ether oxygens (including phenoxy) is 1. The van der Waals surface area contributed by atoms with Crippen molar-refractivity contribution >= 4 is 46.6 Å². The number of methoxy groups -OCH3 is 1. The number of nitrogens with one attached hydrogen (secondary N) is 2. The Morgan fingerprint density at radius 1 is 1.15 bits per heavy atom. The van der Waals surface area contributed by atoms with Crippen LogP contribution in [0.15, 0.2) is 42.5 Å². The number of thioether (sulfide) groups is 1. The smallest absolute Gasteiger partial charge is 0.237 e. The number of aryl methyl sites for hydroxylation is 1. The molecule has 0 saturated carbocycles. The van der Waals surface area contributed by atoms with Crippen LogP contribution < -0.4 is 15.4 Å². The normalized spacial score (nSPS) is 11.5. The molecule has 0 saturated heterocycles. The lowest BCUT2D eigenvalue weighted by molar-refractivity contribution is -0.115. The Kier molecular flexibility index (Phi) is 7.36. The van der Waals surface area contributed by atoms with Gasteiger partial charge in [0.15, 0.2) is 0 Å². The standard InChI is InChI=1S/C19H21ClN2O3S/c1-12-8-9-14(20)10-16(12)22-19(24)13(2)26-11-18(23)21-15-6-4-5-7-17(15)25-3/h4-10,13H,11H2,1-3H3,(H,21,23)(H,22,24)/t13-/m1/s1. The molecule has 138 valence electrons. The van der Waals surface area contributed by atoms with Gasteiger partial charge in [0.25, 0.3) is 0 Å². The van der Waals surface area contributed by atoms with Crippen molar-refractivity contribution in [3.8, 4) is 5.75 Å². The second-order valence-corrected chi connectivity index (χ2v) is 7.42. The Balaban J connectivity index is 1.87. The van der Waals surface area contributed by atoms with Crippen LogP contribution >= 0.6 is 23.4 Å². The molecule has 0 unspecified atom stereocenters. The first-order valence-corrected chi connectivity index (χ1v) is 9.45. The predicted molar refractivity (Wildman–Crippen MR) is 108 cm³/mol. The number of rotatable bonds is 7. The summed E-state index contributed by atoms with van der Waals surface area (Å²) in [6.07, 6.45) is 0. The topological polar surface area (TPSA) is 67.4 Å². The Morgan fingerprint density at radius 3 is 2.62 bits per heavy atom. The van der Waals surface area contributed by atoms with Crippen LogP contribution in [0.3, 0.4) is 0 Å². The number of anilines is 2. The molecule has 0 aliphatic heterocycles. The van der Waals surface area contributed by atoms with E-state index in [1.54, 1.807) is 38.3 Å². The van der Waals surface area contributed by atoms with Crippen LogP contribution in [0.1, 0.15) is 12.5 Å². The third kappa shape index (κ3) is 5.68. The van der Waals surface area contributed by atoms with Gasteiger partial charge in [0.05, 0.1) is 23.8 Å². The van der Waals surface area contributed by atoms with Crippen molar-refractivity contribution in [2.75, 3.05) is 23.5 Å². The molecule has 0 heterocycles. The third-order valence-electron chi connectivity index (χ3n) is 3.67. The third-order valence-corrected chi connectivity index (χ3v) is 5.05. The first-order chi connectivity index (χ1) is 12.4. The molecule has 0 bridgehead atoms. The van der Waals surface area contributed by atoms with Crippen LogP contribution in [0.4, 0.5) is 11.4 Å². The lowest BCUT2D eigenvalue weighted by Crippen LogP contribution is -2.25. The van der Waals surface area contributed by atoms with Crippen LogP contribution in [-0.2, 0) is 9.59 Å². The molecule has 2 aromatic carbocycles. The van der Waals surface area contributed by atoms with Crippen LogP contribution in [0, 0.1) is 6.92 Å². The summed E-state index contributed by atoms with van der Waals surface area (Å²) in [4.78, 5) is 24.4. The van der Waals surface area contributed by atoms with Crippen molar-refractivity contribution in [2.24, 2.45) is 0 Å². The van der Waals surface area contributed by atoms with Crippen molar-refractivity contribution in [3.05, 3.63) is 53.1 Å². The predicted octanol–water partition coefficient (Wildman–Crippen LogP) is 4.36. The quantitative estimate of drug-likeness (QED) is 0.734. The van der Waals surface area contributed by atoms with E-state index in [4.69, 9.17) is 16.3 Å². The number of carbonyl (C=O) groups excluding carboxylic acids is 2. The molecule has 0 fully saturated rings. The van der Waals surface area contributed by atoms with Crippen molar-refractivity contribution < 1.29 is 14.3 Å². The van der Waals surface area contributed by atoms with Gasteiger partial charge in [-0.3, -0.25) is 9.59 Å². The van der Waals surface area contributed by atoms with Gasteiger partial charge in [0.2, 0.25) is 11.8 Å². The van der Waals surface area contributed by atoms with Crippen LogP contribution in [0.25, 0.3) is 0 Å². The zero-order chi connectivity index (χ0) is 19.1. The number of carbonyl (C=O) groups is 2. The zero-order valence-electron chi connectivity index (χ0n) is 14.8. The lowest BCUT2D eigenvalue weighted by atomic mass is 10.2. The molecule has 5 nitrogen and oxygen atoms in total. The minimum atomic E-state index is -0.392. The lowest BCUT2D eigenvalue weighted by Gasteiger charge is -2.14. The number of benzene rings is 2. The van der Waals surface area contributed by atoms with Gasteiger partial charge >= 0.3 is 0 Å². The summed E-state index contributed by atoms with van der Waals surface area (Å²) in [6.45, 7) is 3.65. The molecule has 26 heavy (non-hydrogen) atoms. The van der Waals surface area contributed by atoms with Gasteiger partial charge in [-0.05, 0) is 43.7 Å². The van der Waals surface area contributed by atoms with Gasteiger partial charge in [0, 0.05) is 10.7 Å². The highest BCUT2D eigenvalue weighted by molar-refractivity contribution is 8.01. The minimum absolute atomic E-state index is 0.154. The number of amides is 2. The van der Waals surface area contributed by atoms with Crippen molar-refractivity contribution in [3.63, 3.8) is 0 Å². The number of hydrogen-bond donors (Lipinski definition) is 2. The SMILES string of the molecule is COc1ccccc1NC(=O)CS[C@H](C)C(=O)Nc1cc(Cl)ccc1C. The molecule has 2 rings (SSSR count). The van der Waals surface area contributed by atoms with Crippen LogP contribution in [-0.4, -0.2) is 29.9 Å². The Labute approximate surface area is 162 Å². The van der Waals surface area contributed by atoms with E-state index in [0.717, 1.165) is 5.56 Å². The van der Waals surface area contributed by atoms with Crippen LogP contribution in [0.5, 0.6) is 5.75 Å². The zero-order valence-corrected chi connectivity index (χ0v) is 16.4. The van der Waals surface area contributed by atoms with E-state index in [2.05, 4.69) is 10.6 Å². The second-order valence-electron chi connectivity index (χ2n) is 5.65. The maximum absolute atomic E-state index is 12.3. The van der Waals surface area contributed by atoms with Gasteiger partial charge in [0.1, 0.15) is 5.75 Å². The van der Waals surface area contributed by atoms with Gasteiger partial charge in [-0.25, -0.2) is 0 Å². The average molecular weight is 393 g/mol. The molecule has 0 aromatic heterocycles.